The third-order valence-electron chi connectivity index (χ3n) is 5.11. The number of pyridine rings is 1. The van der Waals surface area contributed by atoms with Gasteiger partial charge in [0.25, 0.3) is 0 Å². The highest BCUT2D eigenvalue weighted by molar-refractivity contribution is 7.10. The number of nitrogens with zero attached hydrogens (tertiary/aromatic N) is 4. The molecule has 1 amide bonds. The first-order valence-corrected chi connectivity index (χ1v) is 10.4. The van der Waals surface area contributed by atoms with Gasteiger partial charge in [0, 0.05) is 41.3 Å². The van der Waals surface area contributed by atoms with Crippen molar-refractivity contribution in [1.82, 2.24) is 19.9 Å². The molecule has 0 unspecified atom stereocenters. The summed E-state index contributed by atoms with van der Waals surface area (Å²) in [5, 5.41) is 6.26. The Hall–Kier alpha value is -3.32. The van der Waals surface area contributed by atoms with Gasteiger partial charge in [-0.25, -0.2) is 9.97 Å². The van der Waals surface area contributed by atoms with Crippen molar-refractivity contribution in [2.45, 2.75) is 13.0 Å². The largest absolute Gasteiger partial charge is 0.360 e. The average Bonchev–Trinajstić information content (AvgIpc) is 3.25. The zero-order chi connectivity index (χ0) is 19.6. The maximum absolute atomic E-state index is 12.8. The molecule has 3 aromatic heterocycles. The lowest BCUT2D eigenvalue weighted by atomic mass is 10.1. The number of fused-ring (bicyclic) bond motifs is 2. The Morgan fingerprint density at radius 3 is 2.86 bits per heavy atom. The number of amides is 1. The number of nitrogens with one attached hydrogen (secondary N) is 1. The van der Waals surface area contributed by atoms with E-state index in [1.807, 2.05) is 41.3 Å². The lowest BCUT2D eigenvalue weighted by Gasteiger charge is -2.27. The highest BCUT2D eigenvalue weighted by Gasteiger charge is 2.21. The molecule has 7 heteroatoms. The molecule has 4 heterocycles. The molecule has 0 atom stereocenters. The fourth-order valence-electron chi connectivity index (χ4n) is 3.57. The van der Waals surface area contributed by atoms with Crippen molar-refractivity contribution in [1.29, 1.82) is 0 Å². The SMILES string of the molecule is O=C(CNc1nc(-c2ccncc2)nc2ccccc12)N1CCc2sccc2C1. The van der Waals surface area contributed by atoms with Gasteiger partial charge in [-0.3, -0.25) is 9.78 Å². The fourth-order valence-corrected chi connectivity index (χ4v) is 4.46. The number of hydrogen-bond donors (Lipinski definition) is 1. The molecule has 1 aliphatic heterocycles. The van der Waals surface area contributed by atoms with E-state index in [4.69, 9.17) is 4.98 Å². The van der Waals surface area contributed by atoms with Crippen LogP contribution in [0.15, 0.2) is 60.2 Å². The van der Waals surface area contributed by atoms with Crippen molar-refractivity contribution in [3.8, 4) is 11.4 Å². The maximum atomic E-state index is 12.8. The van der Waals surface area contributed by atoms with E-state index in [1.165, 1.54) is 10.4 Å². The van der Waals surface area contributed by atoms with Crippen LogP contribution in [0.4, 0.5) is 5.82 Å². The minimum atomic E-state index is 0.0787. The van der Waals surface area contributed by atoms with Crippen LogP contribution in [0.25, 0.3) is 22.3 Å². The van der Waals surface area contributed by atoms with Crippen LogP contribution in [0.5, 0.6) is 0 Å². The zero-order valence-electron chi connectivity index (χ0n) is 15.7. The number of benzene rings is 1. The van der Waals surface area contributed by atoms with Gasteiger partial charge in [-0.2, -0.15) is 0 Å². The summed E-state index contributed by atoms with van der Waals surface area (Å²) in [6, 6.07) is 13.7. The molecule has 1 aromatic carbocycles. The molecular weight excluding hydrogens is 382 g/mol. The molecule has 0 saturated carbocycles. The van der Waals surface area contributed by atoms with Crippen LogP contribution in [-0.2, 0) is 17.8 Å². The topological polar surface area (TPSA) is 71.0 Å². The van der Waals surface area contributed by atoms with Crippen LogP contribution < -0.4 is 5.32 Å². The highest BCUT2D eigenvalue weighted by atomic mass is 32.1. The van der Waals surface area contributed by atoms with Crippen molar-refractivity contribution < 1.29 is 4.79 Å². The third kappa shape index (κ3) is 3.56. The van der Waals surface area contributed by atoms with E-state index in [0.29, 0.717) is 18.2 Å². The van der Waals surface area contributed by atoms with Crippen LogP contribution in [0.1, 0.15) is 10.4 Å². The Kier molecular flexibility index (Phi) is 4.65. The molecule has 0 fully saturated rings. The molecule has 0 radical (unpaired) electrons. The van der Waals surface area contributed by atoms with Gasteiger partial charge >= 0.3 is 0 Å². The first-order valence-electron chi connectivity index (χ1n) is 9.52. The standard InChI is InChI=1S/C22H19N5OS/c28-20(27-11-7-19-16(14-27)8-12-29-19)13-24-22-17-3-1-2-4-18(17)25-21(26-22)15-5-9-23-10-6-15/h1-6,8-10,12H,7,11,13-14H2,(H,24,25,26). The van der Waals surface area contributed by atoms with E-state index < -0.39 is 0 Å². The lowest BCUT2D eigenvalue weighted by molar-refractivity contribution is -0.130. The minimum Gasteiger partial charge on any atom is -0.360 e. The van der Waals surface area contributed by atoms with Crippen LogP contribution >= 0.6 is 11.3 Å². The Labute approximate surface area is 172 Å². The monoisotopic (exact) mass is 401 g/mol. The molecule has 1 aliphatic rings. The third-order valence-corrected chi connectivity index (χ3v) is 6.13. The highest BCUT2D eigenvalue weighted by Crippen LogP contribution is 2.26. The van der Waals surface area contributed by atoms with Crippen molar-refractivity contribution in [2.24, 2.45) is 0 Å². The Morgan fingerprint density at radius 1 is 1.10 bits per heavy atom. The fraction of sp³-hybridized carbons (Fsp3) is 0.182. The molecule has 0 aliphatic carbocycles. The van der Waals surface area contributed by atoms with Gasteiger partial charge in [-0.1, -0.05) is 12.1 Å². The number of hydrogen-bond acceptors (Lipinski definition) is 6. The molecule has 144 valence electrons. The number of anilines is 1. The summed E-state index contributed by atoms with van der Waals surface area (Å²) in [5.41, 5.74) is 2.99. The van der Waals surface area contributed by atoms with Gasteiger partial charge in [-0.05, 0) is 47.7 Å². The summed E-state index contributed by atoms with van der Waals surface area (Å²) in [6.07, 6.45) is 4.38. The van der Waals surface area contributed by atoms with Crippen molar-refractivity contribution >= 4 is 34.0 Å². The molecule has 6 nitrogen and oxygen atoms in total. The number of para-hydroxylation sites is 1. The summed E-state index contributed by atoms with van der Waals surface area (Å²) in [4.78, 5) is 29.5. The summed E-state index contributed by atoms with van der Waals surface area (Å²) in [5.74, 6) is 1.36. The van der Waals surface area contributed by atoms with E-state index in [-0.39, 0.29) is 12.5 Å². The second-order valence-electron chi connectivity index (χ2n) is 6.94. The van der Waals surface area contributed by atoms with Crippen molar-refractivity contribution in [2.75, 3.05) is 18.4 Å². The number of thiophene rings is 1. The molecule has 1 N–H and O–H groups in total. The van der Waals surface area contributed by atoms with Crippen LogP contribution in [-0.4, -0.2) is 38.8 Å². The van der Waals surface area contributed by atoms with Crippen LogP contribution in [0, 0.1) is 0 Å². The molecule has 0 bridgehead atoms. The predicted molar refractivity (Wildman–Crippen MR) is 115 cm³/mol. The molecule has 29 heavy (non-hydrogen) atoms. The van der Waals surface area contributed by atoms with E-state index in [2.05, 4.69) is 26.7 Å². The van der Waals surface area contributed by atoms with E-state index >= 15 is 0 Å². The number of aromatic nitrogens is 3. The van der Waals surface area contributed by atoms with Gasteiger partial charge in [0.05, 0.1) is 12.1 Å². The quantitative estimate of drug-likeness (QED) is 0.564. The smallest absolute Gasteiger partial charge is 0.242 e. The van der Waals surface area contributed by atoms with Gasteiger partial charge in [0.1, 0.15) is 5.82 Å². The average molecular weight is 401 g/mol. The number of carbonyl (C=O) groups excluding carboxylic acids is 1. The van der Waals surface area contributed by atoms with Crippen molar-refractivity contribution in [3.05, 3.63) is 70.7 Å². The second-order valence-corrected chi connectivity index (χ2v) is 7.94. The zero-order valence-corrected chi connectivity index (χ0v) is 16.5. The first kappa shape index (κ1) is 17.8. The normalized spacial score (nSPS) is 13.3. The Bertz CT molecular complexity index is 1170. The molecule has 0 spiro atoms. The molecule has 0 saturated heterocycles. The number of rotatable bonds is 4. The van der Waals surface area contributed by atoms with Crippen LogP contribution in [0.3, 0.4) is 0 Å². The molecule has 5 rings (SSSR count). The van der Waals surface area contributed by atoms with Crippen molar-refractivity contribution in [3.63, 3.8) is 0 Å². The van der Waals surface area contributed by atoms with Gasteiger partial charge < -0.3 is 10.2 Å². The molecule has 4 aromatic rings. The van der Waals surface area contributed by atoms with Gasteiger partial charge in [-0.15, -0.1) is 11.3 Å². The van der Waals surface area contributed by atoms with Gasteiger partial charge in [0.2, 0.25) is 5.91 Å². The predicted octanol–water partition coefficient (Wildman–Crippen LogP) is 3.75. The second kappa shape index (κ2) is 7.60. The van der Waals surface area contributed by atoms with Gasteiger partial charge in [0.15, 0.2) is 5.82 Å². The molecular formula is C22H19N5OS. The Morgan fingerprint density at radius 2 is 1.97 bits per heavy atom. The van der Waals surface area contributed by atoms with Crippen LogP contribution in [0.2, 0.25) is 0 Å². The summed E-state index contributed by atoms with van der Waals surface area (Å²) in [6.45, 7) is 1.66. The summed E-state index contributed by atoms with van der Waals surface area (Å²) < 4.78 is 0. The Balaban J connectivity index is 1.39. The van der Waals surface area contributed by atoms with E-state index in [1.54, 1.807) is 23.7 Å². The van der Waals surface area contributed by atoms with E-state index in [0.717, 1.165) is 29.4 Å². The number of carbonyl (C=O) groups is 1. The lowest BCUT2D eigenvalue weighted by Crippen LogP contribution is -2.38. The van der Waals surface area contributed by atoms with E-state index in [9.17, 15) is 4.79 Å². The summed E-state index contributed by atoms with van der Waals surface area (Å²) >= 11 is 1.78. The first-order chi connectivity index (χ1) is 14.3. The minimum absolute atomic E-state index is 0.0787. The maximum Gasteiger partial charge on any atom is 0.242 e. The summed E-state index contributed by atoms with van der Waals surface area (Å²) in [7, 11) is 0.